The molecule has 2 nitrogen and oxygen atoms in total. The lowest BCUT2D eigenvalue weighted by Gasteiger charge is -2.32. The first kappa shape index (κ1) is 11.2. The molecule has 1 atom stereocenters. The molecule has 0 fully saturated rings. The first-order valence-electron chi connectivity index (χ1n) is 6.10. The van der Waals surface area contributed by atoms with Gasteiger partial charge < -0.3 is 4.74 Å². The van der Waals surface area contributed by atoms with Gasteiger partial charge in [0.2, 0.25) is 0 Å². The van der Waals surface area contributed by atoms with Crippen LogP contribution >= 0.6 is 11.3 Å². The van der Waals surface area contributed by atoms with E-state index in [4.69, 9.17) is 4.74 Å². The van der Waals surface area contributed by atoms with Gasteiger partial charge in [0.05, 0.1) is 17.6 Å². The summed E-state index contributed by atoms with van der Waals surface area (Å²) in [4.78, 5) is 12.9. The van der Waals surface area contributed by atoms with Gasteiger partial charge in [-0.25, -0.2) is 0 Å². The number of fused-ring (bicyclic) bond motifs is 2. The second kappa shape index (κ2) is 4.07. The maximum Gasteiger partial charge on any atom is 0.177 e. The fraction of sp³-hybridized carbons (Fsp3) is 0.500. The highest BCUT2D eigenvalue weighted by Crippen LogP contribution is 2.40. The Bertz CT molecular complexity index is 496. The number of hydrogen-bond donors (Lipinski definition) is 0. The van der Waals surface area contributed by atoms with Crippen molar-refractivity contribution in [2.45, 2.75) is 32.8 Å². The number of Topliss-reactive ketones (excluding diaryl/α,β-unsaturated/α-hetero) is 1. The van der Waals surface area contributed by atoms with Gasteiger partial charge in [-0.3, -0.25) is 4.79 Å². The molecule has 2 heterocycles. The molecule has 3 heteroatoms. The molecule has 1 aliphatic heterocycles. The molecule has 0 saturated carbocycles. The molecule has 0 aromatic carbocycles. The summed E-state index contributed by atoms with van der Waals surface area (Å²) in [5, 5.41) is 2.01. The molecule has 2 aliphatic rings. The third-order valence-corrected chi connectivity index (χ3v) is 4.63. The minimum Gasteiger partial charge on any atom is -0.373 e. The van der Waals surface area contributed by atoms with E-state index >= 15 is 0 Å². The van der Waals surface area contributed by atoms with Gasteiger partial charge in [-0.1, -0.05) is 19.4 Å². The molecule has 0 N–H and O–H groups in total. The zero-order valence-corrected chi connectivity index (χ0v) is 11.0. The van der Waals surface area contributed by atoms with E-state index in [0.717, 1.165) is 16.9 Å². The van der Waals surface area contributed by atoms with E-state index in [9.17, 15) is 4.79 Å². The summed E-state index contributed by atoms with van der Waals surface area (Å²) in [5.74, 6) is 0.807. The largest absolute Gasteiger partial charge is 0.373 e. The summed E-state index contributed by atoms with van der Waals surface area (Å²) in [6.45, 7) is 5.03. The van der Waals surface area contributed by atoms with Gasteiger partial charge in [0.25, 0.3) is 0 Å². The van der Waals surface area contributed by atoms with Gasteiger partial charge in [-0.05, 0) is 29.4 Å². The maximum absolute atomic E-state index is 12.0. The Morgan fingerprint density at radius 1 is 1.47 bits per heavy atom. The average molecular weight is 248 g/mol. The number of thiophene rings is 1. The van der Waals surface area contributed by atoms with Crippen LogP contribution < -0.4 is 0 Å². The van der Waals surface area contributed by atoms with Gasteiger partial charge in [-0.15, -0.1) is 11.3 Å². The van der Waals surface area contributed by atoms with Crippen LogP contribution in [0.1, 0.15) is 41.9 Å². The molecule has 0 radical (unpaired) electrons. The monoisotopic (exact) mass is 248 g/mol. The Hall–Kier alpha value is -0.930. The molecule has 3 rings (SSSR count). The number of carbonyl (C=O) groups is 1. The number of ether oxygens (including phenoxy) is 1. The van der Waals surface area contributed by atoms with Crippen molar-refractivity contribution in [1.29, 1.82) is 0 Å². The van der Waals surface area contributed by atoms with Crippen LogP contribution in [0, 0.1) is 5.92 Å². The lowest BCUT2D eigenvalue weighted by Crippen LogP contribution is -2.28. The van der Waals surface area contributed by atoms with E-state index < -0.39 is 0 Å². The Kier molecular flexibility index (Phi) is 2.68. The Labute approximate surface area is 105 Å². The zero-order chi connectivity index (χ0) is 12.0. The highest BCUT2D eigenvalue weighted by atomic mass is 32.1. The third-order valence-electron chi connectivity index (χ3n) is 3.68. The van der Waals surface area contributed by atoms with Crippen LogP contribution in [0.5, 0.6) is 0 Å². The summed E-state index contributed by atoms with van der Waals surface area (Å²) < 4.78 is 5.91. The SMILES string of the molecule is CC(C)C1CC2=C(CO1)c1ccsc1C(=O)C2. The summed E-state index contributed by atoms with van der Waals surface area (Å²) in [5.41, 5.74) is 3.71. The molecule has 90 valence electrons. The molecule has 0 saturated heterocycles. The lowest BCUT2D eigenvalue weighted by atomic mass is 9.84. The van der Waals surface area contributed by atoms with Crippen molar-refractivity contribution in [3.05, 3.63) is 27.5 Å². The molecule has 0 spiro atoms. The normalized spacial score (nSPS) is 23.9. The van der Waals surface area contributed by atoms with E-state index in [2.05, 4.69) is 19.9 Å². The summed E-state index contributed by atoms with van der Waals surface area (Å²) in [7, 11) is 0. The zero-order valence-electron chi connectivity index (χ0n) is 10.2. The number of carbonyl (C=O) groups excluding carboxylic acids is 1. The molecule has 0 amide bonds. The molecular formula is C14H16O2S. The van der Waals surface area contributed by atoms with Crippen LogP contribution in [0.3, 0.4) is 0 Å². The first-order valence-corrected chi connectivity index (χ1v) is 6.98. The van der Waals surface area contributed by atoms with Crippen molar-refractivity contribution in [3.8, 4) is 0 Å². The Balaban J connectivity index is 1.99. The summed E-state index contributed by atoms with van der Waals surface area (Å²) >= 11 is 1.56. The minimum atomic E-state index is 0.279. The molecule has 1 aromatic rings. The minimum absolute atomic E-state index is 0.279. The lowest BCUT2D eigenvalue weighted by molar-refractivity contribution is 0.0350. The second-order valence-electron chi connectivity index (χ2n) is 5.14. The smallest absolute Gasteiger partial charge is 0.177 e. The van der Waals surface area contributed by atoms with E-state index in [0.29, 0.717) is 18.9 Å². The second-order valence-corrected chi connectivity index (χ2v) is 6.06. The van der Waals surface area contributed by atoms with E-state index in [1.54, 1.807) is 11.3 Å². The van der Waals surface area contributed by atoms with Crippen LogP contribution in [-0.4, -0.2) is 18.5 Å². The quantitative estimate of drug-likeness (QED) is 0.760. The topological polar surface area (TPSA) is 26.3 Å². The molecule has 0 bridgehead atoms. The van der Waals surface area contributed by atoms with Gasteiger partial charge in [0, 0.05) is 12.0 Å². The van der Waals surface area contributed by atoms with E-state index in [1.165, 1.54) is 11.1 Å². The highest BCUT2D eigenvalue weighted by molar-refractivity contribution is 7.12. The third kappa shape index (κ3) is 1.78. The standard InChI is InChI=1S/C14H16O2S/c1-8(2)13-6-9-5-12(15)14-10(3-4-17-14)11(9)7-16-13/h3-4,8,13H,5-7H2,1-2H3. The van der Waals surface area contributed by atoms with Crippen LogP contribution in [0.4, 0.5) is 0 Å². The van der Waals surface area contributed by atoms with Gasteiger partial charge >= 0.3 is 0 Å². The van der Waals surface area contributed by atoms with Crippen LogP contribution in [0.2, 0.25) is 0 Å². The molecule has 1 unspecified atom stereocenters. The number of ketones is 1. The predicted octanol–water partition coefficient (Wildman–Crippen LogP) is 3.53. The summed E-state index contributed by atoms with van der Waals surface area (Å²) in [6.07, 6.45) is 1.81. The van der Waals surface area contributed by atoms with Crippen molar-refractivity contribution in [2.24, 2.45) is 5.92 Å². The average Bonchev–Trinajstić information content (AvgIpc) is 2.78. The van der Waals surface area contributed by atoms with Crippen molar-refractivity contribution in [1.82, 2.24) is 0 Å². The Morgan fingerprint density at radius 3 is 3.06 bits per heavy atom. The van der Waals surface area contributed by atoms with Crippen LogP contribution in [-0.2, 0) is 4.74 Å². The van der Waals surface area contributed by atoms with Crippen molar-refractivity contribution < 1.29 is 9.53 Å². The highest BCUT2D eigenvalue weighted by Gasteiger charge is 2.31. The van der Waals surface area contributed by atoms with Crippen molar-refractivity contribution in [2.75, 3.05) is 6.61 Å². The molecule has 1 aliphatic carbocycles. The fourth-order valence-electron chi connectivity index (χ4n) is 2.63. The Morgan fingerprint density at radius 2 is 2.29 bits per heavy atom. The number of hydrogen-bond acceptors (Lipinski definition) is 3. The summed E-state index contributed by atoms with van der Waals surface area (Å²) in [6, 6.07) is 2.06. The first-order chi connectivity index (χ1) is 8.16. The van der Waals surface area contributed by atoms with Gasteiger partial charge in [-0.2, -0.15) is 0 Å². The molecule has 17 heavy (non-hydrogen) atoms. The molecular weight excluding hydrogens is 232 g/mol. The van der Waals surface area contributed by atoms with Crippen LogP contribution in [0.15, 0.2) is 17.0 Å². The van der Waals surface area contributed by atoms with E-state index in [-0.39, 0.29) is 11.9 Å². The predicted molar refractivity (Wildman–Crippen MR) is 69.4 cm³/mol. The van der Waals surface area contributed by atoms with Crippen molar-refractivity contribution >= 4 is 22.7 Å². The maximum atomic E-state index is 12.0. The fourth-order valence-corrected chi connectivity index (χ4v) is 3.49. The van der Waals surface area contributed by atoms with E-state index in [1.807, 2.05) is 5.38 Å². The van der Waals surface area contributed by atoms with Gasteiger partial charge in [0.15, 0.2) is 5.78 Å². The molecule has 1 aromatic heterocycles. The number of rotatable bonds is 1. The van der Waals surface area contributed by atoms with Gasteiger partial charge in [0.1, 0.15) is 0 Å². The van der Waals surface area contributed by atoms with Crippen LogP contribution in [0.25, 0.3) is 5.57 Å². The van der Waals surface area contributed by atoms with Crippen molar-refractivity contribution in [3.63, 3.8) is 0 Å².